The fraction of sp³-hybridized carbons (Fsp3) is 0.562. The number of alkyl halides is 1. The molecular weight excluding hydrogens is 256 g/mol. The molecule has 1 aromatic heterocycles. The third-order valence-electron chi connectivity index (χ3n) is 4.71. The van der Waals surface area contributed by atoms with Crippen LogP contribution in [0.25, 0.3) is 11.0 Å². The molecule has 1 saturated carbocycles. The van der Waals surface area contributed by atoms with E-state index < -0.39 is 0 Å². The van der Waals surface area contributed by atoms with Gasteiger partial charge in [0.1, 0.15) is 5.82 Å². The molecule has 2 aromatic rings. The molecule has 3 rings (SSSR count). The maximum atomic E-state index is 5.94. The highest BCUT2D eigenvalue weighted by atomic mass is 35.5. The van der Waals surface area contributed by atoms with Crippen LogP contribution >= 0.6 is 11.6 Å². The molecular formula is C16H21ClN2. The van der Waals surface area contributed by atoms with Gasteiger partial charge in [0.15, 0.2) is 0 Å². The molecule has 3 heteroatoms. The van der Waals surface area contributed by atoms with Crippen LogP contribution in [-0.2, 0) is 13.0 Å². The fourth-order valence-corrected chi connectivity index (χ4v) is 3.38. The number of aryl methyl sites for hydroxylation is 1. The molecule has 19 heavy (non-hydrogen) atoms. The zero-order chi connectivity index (χ0) is 13.3. The minimum atomic E-state index is 0.504. The van der Waals surface area contributed by atoms with E-state index in [9.17, 15) is 0 Å². The average molecular weight is 277 g/mol. The third-order valence-corrected chi connectivity index (χ3v) is 4.90. The summed E-state index contributed by atoms with van der Waals surface area (Å²) < 4.78 is 2.42. The lowest BCUT2D eigenvalue weighted by Crippen LogP contribution is -2.34. The number of hydrogen-bond donors (Lipinski definition) is 0. The third kappa shape index (κ3) is 2.27. The number of imidazole rings is 1. The Hall–Kier alpha value is -1.02. The molecule has 0 saturated heterocycles. The summed E-state index contributed by atoms with van der Waals surface area (Å²) in [6, 6.07) is 8.44. The predicted octanol–water partition coefficient (Wildman–Crippen LogP) is 4.40. The summed E-state index contributed by atoms with van der Waals surface area (Å²) >= 11 is 5.94. The van der Waals surface area contributed by atoms with Gasteiger partial charge >= 0.3 is 0 Å². The molecule has 0 amide bonds. The quantitative estimate of drug-likeness (QED) is 0.740. The first-order chi connectivity index (χ1) is 9.28. The Morgan fingerprint density at radius 1 is 1.32 bits per heavy atom. The number of rotatable bonds is 5. The second-order valence-corrected chi connectivity index (χ2v) is 6.13. The monoisotopic (exact) mass is 276 g/mol. The van der Waals surface area contributed by atoms with Crippen LogP contribution in [0, 0.1) is 5.41 Å². The second-order valence-electron chi connectivity index (χ2n) is 5.75. The van der Waals surface area contributed by atoms with E-state index in [0.29, 0.717) is 11.3 Å². The van der Waals surface area contributed by atoms with Gasteiger partial charge in [0.25, 0.3) is 0 Å². The lowest BCUT2D eigenvalue weighted by molar-refractivity contribution is 0.101. The summed E-state index contributed by atoms with van der Waals surface area (Å²) in [6.45, 7) is 3.43. The Morgan fingerprint density at radius 3 is 2.74 bits per heavy atom. The summed E-state index contributed by atoms with van der Waals surface area (Å²) in [5, 5.41) is 0. The van der Waals surface area contributed by atoms with Crippen molar-refractivity contribution in [3.63, 3.8) is 0 Å². The van der Waals surface area contributed by atoms with Crippen LogP contribution in [0.4, 0.5) is 0 Å². The molecule has 0 bridgehead atoms. The number of benzene rings is 1. The topological polar surface area (TPSA) is 17.8 Å². The van der Waals surface area contributed by atoms with Crippen molar-refractivity contribution in [3.8, 4) is 0 Å². The van der Waals surface area contributed by atoms with Crippen LogP contribution in [0.5, 0.6) is 0 Å². The highest BCUT2D eigenvalue weighted by molar-refractivity contribution is 6.17. The van der Waals surface area contributed by atoms with Gasteiger partial charge in [0.2, 0.25) is 0 Å². The molecule has 0 spiro atoms. The predicted molar refractivity (Wildman–Crippen MR) is 80.7 cm³/mol. The zero-order valence-corrected chi connectivity index (χ0v) is 12.3. The van der Waals surface area contributed by atoms with Gasteiger partial charge in [0.05, 0.1) is 11.0 Å². The standard InChI is InChI=1S/C16H21ClN2/c1-2-16(9-5-10-16)12-19-14-7-4-3-6-13(14)18-15(19)8-11-17/h3-4,6-7H,2,5,8-12H2,1H3. The maximum Gasteiger partial charge on any atom is 0.111 e. The van der Waals surface area contributed by atoms with Crippen LogP contribution in [0.3, 0.4) is 0 Å². The number of aromatic nitrogens is 2. The summed E-state index contributed by atoms with van der Waals surface area (Å²) in [7, 11) is 0. The van der Waals surface area contributed by atoms with E-state index in [4.69, 9.17) is 16.6 Å². The minimum Gasteiger partial charge on any atom is -0.327 e. The van der Waals surface area contributed by atoms with Crippen LogP contribution in [0.15, 0.2) is 24.3 Å². The molecule has 1 fully saturated rings. The van der Waals surface area contributed by atoms with E-state index in [2.05, 4.69) is 35.8 Å². The van der Waals surface area contributed by atoms with Gasteiger partial charge in [-0.05, 0) is 36.8 Å². The Bertz CT molecular complexity index is 564. The number of halogens is 1. The van der Waals surface area contributed by atoms with Crippen molar-refractivity contribution < 1.29 is 0 Å². The molecule has 1 aliphatic carbocycles. The number of hydrogen-bond acceptors (Lipinski definition) is 1. The molecule has 2 nitrogen and oxygen atoms in total. The van der Waals surface area contributed by atoms with Gasteiger partial charge in [0, 0.05) is 18.8 Å². The Kier molecular flexibility index (Phi) is 3.53. The molecule has 0 unspecified atom stereocenters. The van der Waals surface area contributed by atoms with E-state index >= 15 is 0 Å². The molecule has 0 aliphatic heterocycles. The Balaban J connectivity index is 2.02. The SMILES string of the molecule is CCC1(Cn2c(CCCl)nc3ccccc32)CCC1. The van der Waals surface area contributed by atoms with Crippen LogP contribution in [-0.4, -0.2) is 15.4 Å². The highest BCUT2D eigenvalue weighted by Gasteiger charge is 2.36. The zero-order valence-electron chi connectivity index (χ0n) is 11.5. The number of nitrogens with zero attached hydrogens (tertiary/aromatic N) is 2. The Morgan fingerprint density at radius 2 is 2.11 bits per heavy atom. The van der Waals surface area contributed by atoms with E-state index in [0.717, 1.165) is 24.3 Å². The van der Waals surface area contributed by atoms with E-state index in [1.807, 2.05) is 0 Å². The fourth-order valence-electron chi connectivity index (χ4n) is 3.21. The van der Waals surface area contributed by atoms with E-state index in [1.54, 1.807) is 0 Å². The van der Waals surface area contributed by atoms with Crippen LogP contribution < -0.4 is 0 Å². The molecule has 1 heterocycles. The Labute approximate surface area is 119 Å². The first kappa shape index (κ1) is 13.0. The van der Waals surface area contributed by atoms with Gasteiger partial charge in [-0.2, -0.15) is 0 Å². The van der Waals surface area contributed by atoms with Crippen molar-refractivity contribution in [2.45, 2.75) is 45.6 Å². The van der Waals surface area contributed by atoms with Crippen LogP contribution in [0.1, 0.15) is 38.4 Å². The van der Waals surface area contributed by atoms with Crippen LogP contribution in [0.2, 0.25) is 0 Å². The lowest BCUT2D eigenvalue weighted by Gasteiger charge is -2.42. The first-order valence-corrected chi connectivity index (χ1v) is 7.81. The maximum absolute atomic E-state index is 5.94. The number of fused-ring (bicyclic) bond motifs is 1. The summed E-state index contributed by atoms with van der Waals surface area (Å²) in [6.07, 6.45) is 6.22. The molecule has 0 atom stereocenters. The average Bonchev–Trinajstić information content (AvgIpc) is 2.72. The van der Waals surface area contributed by atoms with Crippen molar-refractivity contribution in [3.05, 3.63) is 30.1 Å². The molecule has 0 radical (unpaired) electrons. The molecule has 1 aliphatic rings. The van der Waals surface area contributed by atoms with Gasteiger partial charge in [-0.1, -0.05) is 25.5 Å². The summed E-state index contributed by atoms with van der Waals surface area (Å²) in [5.41, 5.74) is 2.88. The largest absolute Gasteiger partial charge is 0.327 e. The number of para-hydroxylation sites is 2. The minimum absolute atomic E-state index is 0.504. The van der Waals surface area contributed by atoms with Gasteiger partial charge in [-0.25, -0.2) is 4.98 Å². The normalized spacial score (nSPS) is 17.6. The first-order valence-electron chi connectivity index (χ1n) is 7.28. The van der Waals surface area contributed by atoms with Gasteiger partial charge in [-0.3, -0.25) is 0 Å². The molecule has 1 aromatic carbocycles. The molecule has 0 N–H and O–H groups in total. The van der Waals surface area contributed by atoms with Crippen molar-refractivity contribution >= 4 is 22.6 Å². The second kappa shape index (κ2) is 5.16. The summed E-state index contributed by atoms with van der Waals surface area (Å²) in [4.78, 5) is 4.76. The van der Waals surface area contributed by atoms with Gasteiger partial charge in [-0.15, -0.1) is 11.6 Å². The van der Waals surface area contributed by atoms with Crippen molar-refractivity contribution in [1.82, 2.24) is 9.55 Å². The lowest BCUT2D eigenvalue weighted by atomic mass is 9.67. The highest BCUT2D eigenvalue weighted by Crippen LogP contribution is 2.45. The van der Waals surface area contributed by atoms with Crippen molar-refractivity contribution in [1.29, 1.82) is 0 Å². The van der Waals surface area contributed by atoms with Crippen molar-refractivity contribution in [2.75, 3.05) is 5.88 Å². The van der Waals surface area contributed by atoms with Gasteiger partial charge < -0.3 is 4.57 Å². The molecule has 102 valence electrons. The van der Waals surface area contributed by atoms with E-state index in [-0.39, 0.29) is 0 Å². The van der Waals surface area contributed by atoms with Crippen molar-refractivity contribution in [2.24, 2.45) is 5.41 Å². The smallest absolute Gasteiger partial charge is 0.111 e. The van der Waals surface area contributed by atoms with E-state index in [1.165, 1.54) is 31.2 Å². The summed E-state index contributed by atoms with van der Waals surface area (Å²) in [5.74, 6) is 1.79.